The van der Waals surface area contributed by atoms with Crippen LogP contribution < -0.4 is 14.2 Å². The molecular formula is C26H29NO7S. The normalized spacial score (nSPS) is 14.5. The molecule has 9 heteroatoms. The van der Waals surface area contributed by atoms with Crippen molar-refractivity contribution >= 4 is 35.0 Å². The van der Waals surface area contributed by atoms with Crippen molar-refractivity contribution in [3.63, 3.8) is 0 Å². The van der Waals surface area contributed by atoms with E-state index < -0.39 is 23.7 Å². The molecule has 2 amide bonds. The third-order valence-corrected chi connectivity index (χ3v) is 5.63. The standard InChI is InChI=1S/C26H29NO7S/c1-5-31-22-14-19(8-11-21(22)33-13-12-32-20-9-6-18(4)7-10-20)15-23-25(29)27(26(30)35-23)16-24(28)34-17(2)3/h6-11,14-15,17H,5,12-13,16H2,1-4H3/b23-15-. The highest BCUT2D eigenvalue weighted by molar-refractivity contribution is 8.18. The number of thioether (sulfide) groups is 1. The molecule has 2 aromatic rings. The molecule has 0 radical (unpaired) electrons. The van der Waals surface area contributed by atoms with Gasteiger partial charge in [0.1, 0.15) is 25.5 Å². The first-order valence-corrected chi connectivity index (χ1v) is 12.1. The molecule has 0 aromatic heterocycles. The minimum atomic E-state index is -0.630. The van der Waals surface area contributed by atoms with Gasteiger partial charge in [0.05, 0.1) is 17.6 Å². The molecule has 8 nitrogen and oxygen atoms in total. The summed E-state index contributed by atoms with van der Waals surface area (Å²) in [5.74, 6) is 0.658. The number of hydrogen-bond donors (Lipinski definition) is 0. The summed E-state index contributed by atoms with van der Waals surface area (Å²) in [5, 5.41) is -0.513. The summed E-state index contributed by atoms with van der Waals surface area (Å²) in [5.41, 5.74) is 1.82. The van der Waals surface area contributed by atoms with Crippen molar-refractivity contribution in [3.8, 4) is 17.2 Å². The van der Waals surface area contributed by atoms with Gasteiger partial charge < -0.3 is 18.9 Å². The van der Waals surface area contributed by atoms with Crippen molar-refractivity contribution < 1.29 is 33.3 Å². The van der Waals surface area contributed by atoms with E-state index in [1.54, 1.807) is 38.1 Å². The Bertz CT molecular complexity index is 1100. The van der Waals surface area contributed by atoms with E-state index in [9.17, 15) is 14.4 Å². The second kappa shape index (κ2) is 12.3. The van der Waals surface area contributed by atoms with Crippen LogP contribution in [0.5, 0.6) is 17.2 Å². The maximum absolute atomic E-state index is 12.7. The Hall–Kier alpha value is -3.46. The molecule has 1 saturated heterocycles. The number of hydrogen-bond acceptors (Lipinski definition) is 8. The number of amides is 2. The summed E-state index contributed by atoms with van der Waals surface area (Å²) in [6.45, 7) is 7.97. The first-order valence-electron chi connectivity index (χ1n) is 11.3. The number of aryl methyl sites for hydroxylation is 1. The van der Waals surface area contributed by atoms with Crippen LogP contribution in [0.4, 0.5) is 4.79 Å². The Labute approximate surface area is 209 Å². The molecule has 0 aliphatic carbocycles. The fourth-order valence-corrected chi connectivity index (χ4v) is 4.00. The number of esters is 1. The SMILES string of the molecule is CCOc1cc(/C=C2\SC(=O)N(CC(=O)OC(C)C)C2=O)ccc1OCCOc1ccc(C)cc1. The lowest BCUT2D eigenvalue weighted by Crippen LogP contribution is -2.35. The van der Waals surface area contributed by atoms with E-state index in [0.717, 1.165) is 28.0 Å². The predicted octanol–water partition coefficient (Wildman–Crippen LogP) is 4.84. The zero-order chi connectivity index (χ0) is 25.4. The van der Waals surface area contributed by atoms with Crippen LogP contribution in [0.3, 0.4) is 0 Å². The zero-order valence-electron chi connectivity index (χ0n) is 20.2. The Morgan fingerprint density at radius 3 is 2.40 bits per heavy atom. The fourth-order valence-electron chi connectivity index (χ4n) is 3.16. The minimum Gasteiger partial charge on any atom is -0.490 e. The number of ether oxygens (including phenoxy) is 4. The maximum Gasteiger partial charge on any atom is 0.326 e. The molecule has 0 spiro atoms. The highest BCUT2D eigenvalue weighted by Gasteiger charge is 2.36. The van der Waals surface area contributed by atoms with E-state index in [1.165, 1.54) is 0 Å². The molecule has 0 N–H and O–H groups in total. The number of benzene rings is 2. The van der Waals surface area contributed by atoms with Crippen molar-refractivity contribution in [2.45, 2.75) is 33.8 Å². The lowest BCUT2D eigenvalue weighted by atomic mass is 10.2. The van der Waals surface area contributed by atoms with Crippen LogP contribution in [0, 0.1) is 6.92 Å². The summed E-state index contributed by atoms with van der Waals surface area (Å²) in [4.78, 5) is 37.9. The molecule has 186 valence electrons. The molecule has 1 fully saturated rings. The van der Waals surface area contributed by atoms with Gasteiger partial charge in [-0.25, -0.2) is 0 Å². The number of imide groups is 1. The predicted molar refractivity (Wildman–Crippen MR) is 134 cm³/mol. The second-order valence-electron chi connectivity index (χ2n) is 7.96. The topological polar surface area (TPSA) is 91.4 Å². The Morgan fingerprint density at radius 1 is 1.00 bits per heavy atom. The molecule has 35 heavy (non-hydrogen) atoms. The summed E-state index contributed by atoms with van der Waals surface area (Å²) in [6.07, 6.45) is 1.26. The molecule has 0 bridgehead atoms. The summed E-state index contributed by atoms with van der Waals surface area (Å²) < 4.78 is 22.3. The third kappa shape index (κ3) is 7.51. The molecule has 0 saturated carbocycles. The van der Waals surface area contributed by atoms with Gasteiger partial charge in [-0.05, 0) is 75.4 Å². The highest BCUT2D eigenvalue weighted by Crippen LogP contribution is 2.34. The minimum absolute atomic E-state index is 0.218. The molecule has 0 unspecified atom stereocenters. The third-order valence-electron chi connectivity index (χ3n) is 4.72. The van der Waals surface area contributed by atoms with Crippen molar-refractivity contribution in [1.82, 2.24) is 4.90 Å². The molecule has 1 aliphatic heterocycles. The first-order chi connectivity index (χ1) is 16.8. The summed E-state index contributed by atoms with van der Waals surface area (Å²) >= 11 is 0.779. The van der Waals surface area contributed by atoms with Gasteiger partial charge in [-0.1, -0.05) is 23.8 Å². The first kappa shape index (κ1) is 26.2. The lowest BCUT2D eigenvalue weighted by Gasteiger charge is -2.14. The number of carbonyl (C=O) groups excluding carboxylic acids is 3. The van der Waals surface area contributed by atoms with E-state index >= 15 is 0 Å². The number of carbonyl (C=O) groups is 3. The van der Waals surface area contributed by atoms with Crippen LogP contribution in [-0.2, 0) is 14.3 Å². The highest BCUT2D eigenvalue weighted by atomic mass is 32.2. The molecular weight excluding hydrogens is 470 g/mol. The van der Waals surface area contributed by atoms with Crippen LogP contribution >= 0.6 is 11.8 Å². The summed E-state index contributed by atoms with van der Waals surface area (Å²) in [7, 11) is 0. The summed E-state index contributed by atoms with van der Waals surface area (Å²) in [6, 6.07) is 13.0. The Balaban J connectivity index is 1.64. The average Bonchev–Trinajstić information content (AvgIpc) is 3.06. The van der Waals surface area contributed by atoms with Crippen molar-refractivity contribution in [2.24, 2.45) is 0 Å². The Kier molecular flexibility index (Phi) is 9.19. The monoisotopic (exact) mass is 499 g/mol. The average molecular weight is 500 g/mol. The number of rotatable bonds is 11. The molecule has 1 aliphatic rings. The quantitative estimate of drug-likeness (QED) is 0.246. The number of nitrogens with zero attached hydrogens (tertiary/aromatic N) is 1. The molecule has 0 atom stereocenters. The van der Waals surface area contributed by atoms with E-state index in [-0.39, 0.29) is 11.0 Å². The maximum atomic E-state index is 12.7. The van der Waals surface area contributed by atoms with Crippen LogP contribution in [0.25, 0.3) is 6.08 Å². The Morgan fingerprint density at radius 2 is 1.71 bits per heavy atom. The van der Waals surface area contributed by atoms with Crippen molar-refractivity contribution in [2.75, 3.05) is 26.4 Å². The van der Waals surface area contributed by atoms with Gasteiger partial charge in [0, 0.05) is 0 Å². The lowest BCUT2D eigenvalue weighted by molar-refractivity contribution is -0.149. The van der Waals surface area contributed by atoms with E-state index in [1.807, 2.05) is 38.1 Å². The van der Waals surface area contributed by atoms with Crippen LogP contribution in [0.15, 0.2) is 47.4 Å². The van der Waals surface area contributed by atoms with E-state index in [4.69, 9.17) is 18.9 Å². The van der Waals surface area contributed by atoms with Gasteiger partial charge in [0.2, 0.25) is 0 Å². The van der Waals surface area contributed by atoms with Crippen LogP contribution in [-0.4, -0.2) is 54.5 Å². The van der Waals surface area contributed by atoms with Crippen LogP contribution in [0.1, 0.15) is 31.9 Å². The van der Waals surface area contributed by atoms with Crippen LogP contribution in [0.2, 0.25) is 0 Å². The largest absolute Gasteiger partial charge is 0.490 e. The van der Waals surface area contributed by atoms with Gasteiger partial charge in [-0.3, -0.25) is 19.3 Å². The van der Waals surface area contributed by atoms with Crippen molar-refractivity contribution in [1.29, 1.82) is 0 Å². The molecule has 1 heterocycles. The van der Waals surface area contributed by atoms with E-state index in [2.05, 4.69) is 0 Å². The van der Waals surface area contributed by atoms with Gasteiger partial charge >= 0.3 is 5.97 Å². The van der Waals surface area contributed by atoms with Gasteiger partial charge in [0.25, 0.3) is 11.1 Å². The van der Waals surface area contributed by atoms with Crippen molar-refractivity contribution in [3.05, 3.63) is 58.5 Å². The van der Waals surface area contributed by atoms with Gasteiger partial charge in [-0.2, -0.15) is 0 Å². The molecule has 3 rings (SSSR count). The van der Waals surface area contributed by atoms with E-state index in [0.29, 0.717) is 36.9 Å². The van der Waals surface area contributed by atoms with Gasteiger partial charge in [-0.15, -0.1) is 0 Å². The van der Waals surface area contributed by atoms with Gasteiger partial charge in [0.15, 0.2) is 11.5 Å². The fraction of sp³-hybridized carbons (Fsp3) is 0.346. The smallest absolute Gasteiger partial charge is 0.326 e. The zero-order valence-corrected chi connectivity index (χ0v) is 21.1. The molecule has 2 aromatic carbocycles. The second-order valence-corrected chi connectivity index (χ2v) is 8.95.